The van der Waals surface area contributed by atoms with E-state index in [9.17, 15) is 5.02 Å². The van der Waals surface area contributed by atoms with Gasteiger partial charge in [0.25, 0.3) is 0 Å². The molecule has 2 heterocycles. The van der Waals surface area contributed by atoms with E-state index in [1.54, 1.807) is 6.82 Å². The van der Waals surface area contributed by atoms with Crippen LogP contribution in [0.15, 0.2) is 22.9 Å². The van der Waals surface area contributed by atoms with Crippen molar-refractivity contribution in [1.82, 2.24) is 9.46 Å². The first-order chi connectivity index (χ1) is 6.59. The van der Waals surface area contributed by atoms with Crippen LogP contribution >= 0.6 is 15.9 Å². The van der Waals surface area contributed by atoms with E-state index in [4.69, 9.17) is 0 Å². The molecule has 0 radical (unpaired) electrons. The van der Waals surface area contributed by atoms with Crippen molar-refractivity contribution in [2.24, 2.45) is 0 Å². The fourth-order valence-corrected chi connectivity index (χ4v) is 2.04. The molecule has 0 spiro atoms. The van der Waals surface area contributed by atoms with Gasteiger partial charge >= 0.3 is 7.05 Å². The molecule has 0 aromatic carbocycles. The minimum Gasteiger partial charge on any atom is -0.432 e. The Labute approximate surface area is 91.0 Å². The van der Waals surface area contributed by atoms with E-state index in [0.717, 1.165) is 21.1 Å². The summed E-state index contributed by atoms with van der Waals surface area (Å²) >= 11 is 3.44. The van der Waals surface area contributed by atoms with Crippen molar-refractivity contribution >= 4 is 33.9 Å². The summed E-state index contributed by atoms with van der Waals surface area (Å²) in [6, 6.07) is 1.97. The number of rotatable bonds is 1. The molecule has 0 saturated heterocycles. The number of hydrogen-bond donors (Lipinski definition) is 1. The number of hydrogen-bond acceptors (Lipinski definition) is 2. The van der Waals surface area contributed by atoms with E-state index in [1.165, 1.54) is 0 Å². The van der Waals surface area contributed by atoms with Crippen LogP contribution in [0, 0.1) is 6.92 Å². The summed E-state index contributed by atoms with van der Waals surface area (Å²) in [6.07, 6.45) is 3.68. The molecule has 0 atom stereocenters. The number of aryl methyl sites for hydroxylation is 1. The summed E-state index contributed by atoms with van der Waals surface area (Å²) in [5.74, 6) is 0. The van der Waals surface area contributed by atoms with Crippen LogP contribution in [0.4, 0.5) is 0 Å². The molecule has 3 nitrogen and oxygen atoms in total. The van der Waals surface area contributed by atoms with Crippen LogP contribution in [0.3, 0.4) is 0 Å². The lowest BCUT2D eigenvalue weighted by atomic mass is 9.88. The van der Waals surface area contributed by atoms with E-state index >= 15 is 0 Å². The third-order valence-corrected chi connectivity index (χ3v) is 2.84. The van der Waals surface area contributed by atoms with Crippen LogP contribution < -0.4 is 0 Å². The Morgan fingerprint density at radius 3 is 2.93 bits per heavy atom. The second-order valence-corrected chi connectivity index (χ2v) is 4.21. The van der Waals surface area contributed by atoms with Crippen molar-refractivity contribution < 1.29 is 5.02 Å². The Bertz CT molecular complexity index is 481. The highest BCUT2D eigenvalue weighted by Gasteiger charge is 2.13. The molecule has 2 rings (SSSR count). The third kappa shape index (κ3) is 1.46. The summed E-state index contributed by atoms with van der Waals surface area (Å²) in [4.78, 5) is 4.22. The Morgan fingerprint density at radius 1 is 1.57 bits per heavy atom. The molecule has 0 saturated carbocycles. The molecular weight excluding hydrogens is 243 g/mol. The number of pyridine rings is 1. The molecule has 2 aromatic rings. The molecule has 0 aliphatic carbocycles. The predicted octanol–water partition coefficient (Wildman–Crippen LogP) is 2.07. The highest BCUT2D eigenvalue weighted by Crippen LogP contribution is 2.25. The molecule has 0 aliphatic rings. The van der Waals surface area contributed by atoms with Gasteiger partial charge in [-0.05, 0) is 35.7 Å². The van der Waals surface area contributed by atoms with Crippen molar-refractivity contribution in [3.05, 3.63) is 28.6 Å². The minimum absolute atomic E-state index is 0.523. The fraction of sp³-hybridized carbons (Fsp3) is 0.222. The molecule has 0 unspecified atom stereocenters. The summed E-state index contributed by atoms with van der Waals surface area (Å²) in [7, 11) is -0.523. The SMILES string of the molecule is CB(O)n1cc(Br)c2cnc(C)cc21. The molecule has 14 heavy (non-hydrogen) atoms. The number of halogens is 1. The maximum Gasteiger partial charge on any atom is 0.413 e. The standard InChI is InChI=1S/C9H10BBrN2O/c1-6-3-9-7(4-12-6)8(11)5-13(9)10(2)14/h3-5,14H,1-2H3. The Morgan fingerprint density at radius 2 is 2.29 bits per heavy atom. The molecule has 72 valence electrons. The third-order valence-electron chi connectivity index (χ3n) is 2.21. The fourth-order valence-electron chi connectivity index (χ4n) is 1.51. The molecule has 1 N–H and O–H groups in total. The van der Waals surface area contributed by atoms with Gasteiger partial charge in [0, 0.05) is 33.5 Å². The Hall–Kier alpha value is -0.805. The van der Waals surface area contributed by atoms with Gasteiger partial charge in [0.1, 0.15) is 0 Å². The summed E-state index contributed by atoms with van der Waals surface area (Å²) in [5, 5.41) is 10.6. The molecule has 0 aliphatic heterocycles. The summed E-state index contributed by atoms with van der Waals surface area (Å²) in [5.41, 5.74) is 1.95. The van der Waals surface area contributed by atoms with Crippen molar-refractivity contribution in [3.8, 4) is 0 Å². The lowest BCUT2D eigenvalue weighted by molar-refractivity contribution is 0.566. The number of aromatic nitrogens is 2. The molecular formula is C9H10BBrN2O. The van der Waals surface area contributed by atoms with Crippen LogP contribution in [0.2, 0.25) is 6.82 Å². The second kappa shape index (κ2) is 3.40. The first-order valence-corrected chi connectivity index (χ1v) is 5.19. The average Bonchev–Trinajstić information content (AvgIpc) is 2.43. The van der Waals surface area contributed by atoms with E-state index in [0.29, 0.717) is 0 Å². The molecule has 2 aromatic heterocycles. The van der Waals surface area contributed by atoms with Gasteiger partial charge in [0.2, 0.25) is 0 Å². The van der Waals surface area contributed by atoms with E-state index in [-0.39, 0.29) is 0 Å². The Kier molecular flexibility index (Phi) is 2.37. The quantitative estimate of drug-likeness (QED) is 0.790. The topological polar surface area (TPSA) is 38.0 Å². The smallest absolute Gasteiger partial charge is 0.413 e. The van der Waals surface area contributed by atoms with Gasteiger partial charge in [-0.2, -0.15) is 0 Å². The lowest BCUT2D eigenvalue weighted by Crippen LogP contribution is -2.18. The van der Waals surface area contributed by atoms with Crippen molar-refractivity contribution in [3.63, 3.8) is 0 Å². The zero-order valence-electron chi connectivity index (χ0n) is 8.03. The van der Waals surface area contributed by atoms with Gasteiger partial charge < -0.3 is 9.50 Å². The van der Waals surface area contributed by atoms with Crippen molar-refractivity contribution in [2.45, 2.75) is 13.7 Å². The van der Waals surface area contributed by atoms with Crippen LogP contribution in [0.25, 0.3) is 10.9 Å². The molecule has 0 amide bonds. The lowest BCUT2D eigenvalue weighted by Gasteiger charge is -2.04. The van der Waals surface area contributed by atoms with Gasteiger partial charge in [-0.25, -0.2) is 0 Å². The van der Waals surface area contributed by atoms with E-state index in [1.807, 2.05) is 29.9 Å². The first kappa shape index (κ1) is 9.74. The maximum atomic E-state index is 9.55. The molecule has 5 heteroatoms. The van der Waals surface area contributed by atoms with E-state index in [2.05, 4.69) is 20.9 Å². The van der Waals surface area contributed by atoms with Gasteiger partial charge in [-0.15, -0.1) is 0 Å². The van der Waals surface area contributed by atoms with Gasteiger partial charge in [-0.3, -0.25) is 4.98 Å². The Balaban J connectivity index is 2.79. The average molecular weight is 253 g/mol. The summed E-state index contributed by atoms with van der Waals surface area (Å²) in [6.45, 7) is 3.67. The second-order valence-electron chi connectivity index (χ2n) is 3.36. The minimum atomic E-state index is -0.523. The van der Waals surface area contributed by atoms with Gasteiger partial charge in [-0.1, -0.05) is 0 Å². The zero-order chi connectivity index (χ0) is 10.3. The monoisotopic (exact) mass is 252 g/mol. The van der Waals surface area contributed by atoms with Crippen molar-refractivity contribution in [1.29, 1.82) is 0 Å². The molecule has 0 fully saturated rings. The summed E-state index contributed by atoms with van der Waals surface area (Å²) < 4.78 is 2.77. The van der Waals surface area contributed by atoms with Crippen LogP contribution in [0.5, 0.6) is 0 Å². The van der Waals surface area contributed by atoms with Gasteiger partial charge in [0.15, 0.2) is 0 Å². The highest BCUT2D eigenvalue weighted by molar-refractivity contribution is 9.10. The van der Waals surface area contributed by atoms with Crippen LogP contribution in [0.1, 0.15) is 5.69 Å². The van der Waals surface area contributed by atoms with Crippen LogP contribution in [-0.4, -0.2) is 21.5 Å². The normalized spacial score (nSPS) is 10.9. The first-order valence-electron chi connectivity index (χ1n) is 4.40. The van der Waals surface area contributed by atoms with Crippen molar-refractivity contribution in [2.75, 3.05) is 0 Å². The zero-order valence-corrected chi connectivity index (χ0v) is 9.62. The number of nitrogens with zero attached hydrogens (tertiary/aromatic N) is 2. The highest BCUT2D eigenvalue weighted by atomic mass is 79.9. The van der Waals surface area contributed by atoms with Gasteiger partial charge in [0.05, 0.1) is 0 Å². The predicted molar refractivity (Wildman–Crippen MR) is 61.4 cm³/mol. The van der Waals surface area contributed by atoms with E-state index < -0.39 is 7.05 Å². The largest absolute Gasteiger partial charge is 0.432 e. The van der Waals surface area contributed by atoms with Crippen LogP contribution in [-0.2, 0) is 0 Å². The maximum absolute atomic E-state index is 9.55. The number of fused-ring (bicyclic) bond motifs is 1. The molecule has 0 bridgehead atoms.